The van der Waals surface area contributed by atoms with E-state index in [0.717, 1.165) is 12.8 Å². The van der Waals surface area contributed by atoms with E-state index in [4.69, 9.17) is 4.74 Å². The molecular formula is C17H22BrNO3. The van der Waals surface area contributed by atoms with Gasteiger partial charge in [0.05, 0.1) is 5.56 Å². The molecule has 120 valence electrons. The number of ether oxygens (including phenoxy) is 1. The molecule has 0 aliphatic heterocycles. The average Bonchev–Trinajstić information content (AvgIpc) is 2.50. The summed E-state index contributed by atoms with van der Waals surface area (Å²) < 4.78 is 5.76. The van der Waals surface area contributed by atoms with Crippen LogP contribution in [0.2, 0.25) is 0 Å². The van der Waals surface area contributed by atoms with Gasteiger partial charge in [0.15, 0.2) is 6.61 Å². The highest BCUT2D eigenvalue weighted by Crippen LogP contribution is 2.29. The number of halogens is 1. The minimum absolute atomic E-state index is 0.179. The van der Waals surface area contributed by atoms with Crippen molar-refractivity contribution in [1.29, 1.82) is 0 Å². The molecule has 0 saturated heterocycles. The van der Waals surface area contributed by atoms with Crippen LogP contribution in [0.4, 0.5) is 0 Å². The van der Waals surface area contributed by atoms with Crippen LogP contribution in [0.15, 0.2) is 28.7 Å². The lowest BCUT2D eigenvalue weighted by Gasteiger charge is -2.34. The molecular weight excluding hydrogens is 346 g/mol. The molecule has 1 aromatic carbocycles. The summed E-state index contributed by atoms with van der Waals surface area (Å²) in [6.07, 6.45) is 3.34. The van der Waals surface area contributed by atoms with Gasteiger partial charge in [-0.1, -0.05) is 38.8 Å². The lowest BCUT2D eigenvalue weighted by atomic mass is 9.78. The topological polar surface area (TPSA) is 55.4 Å². The van der Waals surface area contributed by atoms with Crippen molar-refractivity contribution in [2.45, 2.75) is 39.2 Å². The Hall–Kier alpha value is -1.36. The molecule has 22 heavy (non-hydrogen) atoms. The van der Waals surface area contributed by atoms with E-state index < -0.39 is 5.97 Å². The second-order valence-electron chi connectivity index (χ2n) is 6.00. The summed E-state index contributed by atoms with van der Waals surface area (Å²) in [7, 11) is 0. The molecule has 0 radical (unpaired) electrons. The van der Waals surface area contributed by atoms with E-state index >= 15 is 0 Å². The maximum Gasteiger partial charge on any atom is 0.339 e. The third-order valence-corrected chi connectivity index (χ3v) is 5.17. The zero-order valence-electron chi connectivity index (χ0n) is 13.0. The normalized spacial score (nSPS) is 24.6. The SMILES string of the molecule is C[C@@H]1[C@@H](C)CCC[C@H]1NC(=O)COC(=O)c1ccccc1Br. The first-order chi connectivity index (χ1) is 10.5. The monoisotopic (exact) mass is 367 g/mol. The Bertz CT molecular complexity index is 546. The molecule has 1 saturated carbocycles. The van der Waals surface area contributed by atoms with Crippen molar-refractivity contribution in [2.24, 2.45) is 11.8 Å². The molecule has 1 N–H and O–H groups in total. The first-order valence-electron chi connectivity index (χ1n) is 7.70. The first kappa shape index (κ1) is 17.0. The quantitative estimate of drug-likeness (QED) is 0.827. The van der Waals surface area contributed by atoms with Gasteiger partial charge in [-0.2, -0.15) is 0 Å². The number of hydrogen-bond acceptors (Lipinski definition) is 3. The fourth-order valence-electron chi connectivity index (χ4n) is 2.87. The predicted molar refractivity (Wildman–Crippen MR) is 88.5 cm³/mol. The van der Waals surface area contributed by atoms with Crippen molar-refractivity contribution in [3.63, 3.8) is 0 Å². The Morgan fingerprint density at radius 1 is 1.27 bits per heavy atom. The van der Waals surface area contributed by atoms with E-state index in [1.54, 1.807) is 18.2 Å². The van der Waals surface area contributed by atoms with Crippen LogP contribution in [0.5, 0.6) is 0 Å². The summed E-state index contributed by atoms with van der Waals surface area (Å²) >= 11 is 3.30. The highest BCUT2D eigenvalue weighted by atomic mass is 79.9. The minimum atomic E-state index is -0.493. The number of benzene rings is 1. The number of nitrogens with one attached hydrogen (secondary N) is 1. The van der Waals surface area contributed by atoms with Crippen molar-refractivity contribution in [3.8, 4) is 0 Å². The molecule has 0 bridgehead atoms. The van der Waals surface area contributed by atoms with E-state index in [9.17, 15) is 9.59 Å². The average molecular weight is 368 g/mol. The zero-order valence-corrected chi connectivity index (χ0v) is 14.6. The minimum Gasteiger partial charge on any atom is -0.452 e. The second kappa shape index (κ2) is 7.77. The fourth-order valence-corrected chi connectivity index (χ4v) is 3.32. The van der Waals surface area contributed by atoms with E-state index in [0.29, 0.717) is 21.9 Å². The maximum absolute atomic E-state index is 12.0. The van der Waals surface area contributed by atoms with Crippen LogP contribution in [0.25, 0.3) is 0 Å². The second-order valence-corrected chi connectivity index (χ2v) is 6.85. The number of rotatable bonds is 4. The van der Waals surface area contributed by atoms with Crippen LogP contribution in [0, 0.1) is 11.8 Å². The van der Waals surface area contributed by atoms with E-state index in [-0.39, 0.29) is 18.6 Å². The first-order valence-corrected chi connectivity index (χ1v) is 8.49. The lowest BCUT2D eigenvalue weighted by Crippen LogP contribution is -2.45. The number of carbonyl (C=O) groups excluding carboxylic acids is 2. The largest absolute Gasteiger partial charge is 0.452 e. The van der Waals surface area contributed by atoms with E-state index in [2.05, 4.69) is 35.1 Å². The predicted octanol–water partition coefficient (Wildman–Crippen LogP) is 3.55. The number of esters is 1. The van der Waals surface area contributed by atoms with Gasteiger partial charge >= 0.3 is 5.97 Å². The summed E-state index contributed by atoms with van der Waals surface area (Å²) in [5, 5.41) is 2.99. The highest BCUT2D eigenvalue weighted by Gasteiger charge is 2.28. The van der Waals surface area contributed by atoms with Crippen LogP contribution in [-0.2, 0) is 9.53 Å². The van der Waals surface area contributed by atoms with E-state index in [1.807, 2.05) is 6.07 Å². The molecule has 1 aliphatic rings. The van der Waals surface area contributed by atoms with Crippen molar-refractivity contribution < 1.29 is 14.3 Å². The van der Waals surface area contributed by atoms with Crippen molar-refractivity contribution in [2.75, 3.05) is 6.61 Å². The van der Waals surface area contributed by atoms with Crippen LogP contribution < -0.4 is 5.32 Å². The van der Waals surface area contributed by atoms with Gasteiger partial charge in [0.25, 0.3) is 5.91 Å². The summed E-state index contributed by atoms with van der Waals surface area (Å²) in [6.45, 7) is 4.15. The number of amides is 1. The van der Waals surface area contributed by atoms with Crippen LogP contribution in [0.3, 0.4) is 0 Å². The Kier molecular flexibility index (Phi) is 6.00. The Labute approximate surface area is 139 Å². The van der Waals surface area contributed by atoms with Gasteiger partial charge in [0.1, 0.15) is 0 Å². The molecule has 0 aromatic heterocycles. The summed E-state index contributed by atoms with van der Waals surface area (Å²) in [4.78, 5) is 23.9. The molecule has 0 heterocycles. The lowest BCUT2D eigenvalue weighted by molar-refractivity contribution is -0.125. The Morgan fingerprint density at radius 3 is 2.73 bits per heavy atom. The molecule has 1 fully saturated rings. The summed E-state index contributed by atoms with van der Waals surface area (Å²) in [5.41, 5.74) is 0.426. The van der Waals surface area contributed by atoms with E-state index in [1.165, 1.54) is 6.42 Å². The van der Waals surface area contributed by atoms with Crippen LogP contribution in [0.1, 0.15) is 43.5 Å². The molecule has 1 aromatic rings. The van der Waals surface area contributed by atoms with Gasteiger partial charge < -0.3 is 10.1 Å². The summed E-state index contributed by atoms with van der Waals surface area (Å²) in [6, 6.07) is 7.18. The Morgan fingerprint density at radius 2 is 2.00 bits per heavy atom. The molecule has 3 atom stereocenters. The summed E-state index contributed by atoms with van der Waals surface area (Å²) in [5.74, 6) is 0.345. The Balaban J connectivity index is 1.83. The third kappa shape index (κ3) is 4.32. The van der Waals surface area contributed by atoms with Crippen molar-refractivity contribution >= 4 is 27.8 Å². The van der Waals surface area contributed by atoms with Gasteiger partial charge in [0, 0.05) is 10.5 Å². The van der Waals surface area contributed by atoms with Gasteiger partial charge in [-0.25, -0.2) is 4.79 Å². The fraction of sp³-hybridized carbons (Fsp3) is 0.529. The molecule has 4 nitrogen and oxygen atoms in total. The highest BCUT2D eigenvalue weighted by molar-refractivity contribution is 9.10. The van der Waals surface area contributed by atoms with Crippen LogP contribution in [-0.4, -0.2) is 24.5 Å². The van der Waals surface area contributed by atoms with Crippen molar-refractivity contribution in [3.05, 3.63) is 34.3 Å². The zero-order chi connectivity index (χ0) is 16.1. The number of carbonyl (C=O) groups is 2. The smallest absolute Gasteiger partial charge is 0.339 e. The molecule has 2 rings (SSSR count). The maximum atomic E-state index is 12.0. The van der Waals surface area contributed by atoms with Gasteiger partial charge in [-0.15, -0.1) is 0 Å². The molecule has 0 unspecified atom stereocenters. The van der Waals surface area contributed by atoms with Gasteiger partial charge in [0.2, 0.25) is 0 Å². The van der Waals surface area contributed by atoms with Gasteiger partial charge in [-0.05, 0) is 46.3 Å². The molecule has 0 spiro atoms. The van der Waals surface area contributed by atoms with Gasteiger partial charge in [-0.3, -0.25) is 4.79 Å². The van der Waals surface area contributed by atoms with Crippen LogP contribution >= 0.6 is 15.9 Å². The number of hydrogen-bond donors (Lipinski definition) is 1. The van der Waals surface area contributed by atoms with Crippen molar-refractivity contribution in [1.82, 2.24) is 5.32 Å². The standard InChI is InChI=1S/C17H22BrNO3/c1-11-6-5-9-15(12(11)2)19-16(20)10-22-17(21)13-7-3-4-8-14(13)18/h3-4,7-8,11-12,15H,5-6,9-10H2,1-2H3,(H,19,20)/t11-,12+,15+/m0/s1. The molecule has 5 heteroatoms. The molecule has 1 amide bonds. The molecule has 1 aliphatic carbocycles. The third-order valence-electron chi connectivity index (χ3n) is 4.48.